The van der Waals surface area contributed by atoms with Crippen LogP contribution in [0.3, 0.4) is 0 Å². The lowest BCUT2D eigenvalue weighted by Gasteiger charge is -2.26. The Bertz CT molecular complexity index is 1110. The highest BCUT2D eigenvalue weighted by molar-refractivity contribution is 7.13. The number of halogens is 2. The maximum Gasteiger partial charge on any atom is 0.286 e. The molecular weight excluding hydrogens is 438 g/mol. The molecule has 0 atom stereocenters. The topological polar surface area (TPSA) is 84.4 Å². The van der Waals surface area contributed by atoms with Gasteiger partial charge < -0.3 is 15.0 Å². The van der Waals surface area contributed by atoms with Gasteiger partial charge in [0.2, 0.25) is 5.01 Å². The molecule has 0 aliphatic carbocycles. The molecule has 2 heterocycles. The van der Waals surface area contributed by atoms with Gasteiger partial charge in [-0.3, -0.25) is 9.59 Å². The van der Waals surface area contributed by atoms with E-state index in [1.165, 1.54) is 0 Å². The van der Waals surface area contributed by atoms with Crippen LogP contribution in [0.1, 0.15) is 44.4 Å². The van der Waals surface area contributed by atoms with Crippen LogP contribution in [0.2, 0.25) is 0 Å². The molecule has 1 N–H and O–H groups in total. The summed E-state index contributed by atoms with van der Waals surface area (Å²) in [6.07, 6.45) is 3.23. The average molecular weight is 458 g/mol. The monoisotopic (exact) mass is 458 g/mol. The second-order valence-electron chi connectivity index (χ2n) is 7.25. The van der Waals surface area contributed by atoms with Crippen LogP contribution in [0.15, 0.2) is 42.5 Å². The molecule has 166 valence electrons. The fourth-order valence-corrected chi connectivity index (χ4v) is 3.94. The minimum Gasteiger partial charge on any atom is -0.486 e. The molecule has 0 radical (unpaired) electrons. The number of rotatable bonds is 6. The zero-order valence-electron chi connectivity index (χ0n) is 17.0. The zero-order valence-corrected chi connectivity index (χ0v) is 17.8. The number of piperidine rings is 1. The van der Waals surface area contributed by atoms with Crippen molar-refractivity contribution in [2.75, 3.05) is 18.4 Å². The van der Waals surface area contributed by atoms with Gasteiger partial charge in [-0.25, -0.2) is 8.78 Å². The smallest absolute Gasteiger partial charge is 0.286 e. The molecule has 1 aliphatic rings. The van der Waals surface area contributed by atoms with Gasteiger partial charge in [0.05, 0.1) is 5.69 Å². The molecule has 1 fully saturated rings. The second-order valence-corrected chi connectivity index (χ2v) is 8.31. The van der Waals surface area contributed by atoms with Crippen LogP contribution < -0.4 is 10.1 Å². The van der Waals surface area contributed by atoms with Crippen molar-refractivity contribution in [3.63, 3.8) is 0 Å². The van der Waals surface area contributed by atoms with Crippen molar-refractivity contribution in [1.29, 1.82) is 0 Å². The minimum atomic E-state index is -0.881. The Morgan fingerprint density at radius 1 is 1.03 bits per heavy atom. The molecule has 4 rings (SSSR count). The fraction of sp³-hybridized carbons (Fsp3) is 0.273. The van der Waals surface area contributed by atoms with E-state index in [0.717, 1.165) is 55.8 Å². The number of nitrogens with zero attached hydrogens (tertiary/aromatic N) is 3. The summed E-state index contributed by atoms with van der Waals surface area (Å²) in [7, 11) is 0. The van der Waals surface area contributed by atoms with Gasteiger partial charge in [0.15, 0.2) is 5.01 Å². The first-order valence-corrected chi connectivity index (χ1v) is 10.9. The average Bonchev–Trinajstić information content (AvgIpc) is 3.29. The van der Waals surface area contributed by atoms with Gasteiger partial charge >= 0.3 is 0 Å². The van der Waals surface area contributed by atoms with Crippen molar-refractivity contribution >= 4 is 28.8 Å². The molecule has 0 bridgehead atoms. The number of hydrogen-bond acceptors (Lipinski definition) is 6. The third-order valence-corrected chi connectivity index (χ3v) is 5.84. The lowest BCUT2D eigenvalue weighted by atomic mass is 10.1. The quantitative estimate of drug-likeness (QED) is 0.596. The predicted molar refractivity (Wildman–Crippen MR) is 115 cm³/mol. The number of hydrogen-bond donors (Lipinski definition) is 1. The highest BCUT2D eigenvalue weighted by atomic mass is 32.1. The second kappa shape index (κ2) is 9.82. The van der Waals surface area contributed by atoms with Crippen molar-refractivity contribution in [2.45, 2.75) is 25.9 Å². The van der Waals surface area contributed by atoms with Crippen LogP contribution in [0, 0.1) is 11.6 Å². The Morgan fingerprint density at radius 3 is 2.50 bits per heavy atom. The highest BCUT2D eigenvalue weighted by Gasteiger charge is 2.18. The van der Waals surface area contributed by atoms with Crippen LogP contribution in [0.4, 0.5) is 14.5 Å². The minimum absolute atomic E-state index is 0.0219. The van der Waals surface area contributed by atoms with E-state index in [2.05, 4.69) is 15.5 Å². The zero-order chi connectivity index (χ0) is 22.5. The molecule has 1 aromatic heterocycles. The van der Waals surface area contributed by atoms with Gasteiger partial charge in [0, 0.05) is 24.7 Å². The van der Waals surface area contributed by atoms with E-state index in [-0.39, 0.29) is 23.2 Å². The van der Waals surface area contributed by atoms with Crippen LogP contribution in [0.25, 0.3) is 0 Å². The normalized spacial score (nSPS) is 13.6. The summed E-state index contributed by atoms with van der Waals surface area (Å²) in [5.74, 6) is -1.70. The van der Waals surface area contributed by atoms with Gasteiger partial charge in [-0.1, -0.05) is 11.3 Å². The van der Waals surface area contributed by atoms with Crippen molar-refractivity contribution in [3.05, 3.63) is 69.7 Å². The maximum absolute atomic E-state index is 13.7. The van der Waals surface area contributed by atoms with Crippen LogP contribution in [0.5, 0.6) is 5.75 Å². The molecule has 32 heavy (non-hydrogen) atoms. The van der Waals surface area contributed by atoms with Crippen molar-refractivity contribution < 1.29 is 23.1 Å². The lowest BCUT2D eigenvalue weighted by molar-refractivity contribution is 0.0724. The first kappa shape index (κ1) is 21.8. The summed E-state index contributed by atoms with van der Waals surface area (Å²) in [4.78, 5) is 26.6. The molecule has 2 amide bonds. The number of benzene rings is 2. The molecule has 0 spiro atoms. The highest BCUT2D eigenvalue weighted by Crippen LogP contribution is 2.20. The standard InChI is InChI=1S/C22H20F2N4O3S/c23-15-6-9-18(17(24)12-15)25-20(29)21-27-26-19(32-21)13-31-16-7-4-14(5-8-16)22(30)28-10-2-1-3-11-28/h4-9,12H,1-3,10-11,13H2,(H,25,29). The van der Waals surface area contributed by atoms with Crippen molar-refractivity contribution in [2.24, 2.45) is 0 Å². The van der Waals surface area contributed by atoms with Crippen LogP contribution >= 0.6 is 11.3 Å². The van der Waals surface area contributed by atoms with Crippen LogP contribution in [-0.2, 0) is 6.61 Å². The summed E-state index contributed by atoms with van der Waals surface area (Å²) in [5.41, 5.74) is 0.464. The Labute approximate surface area is 187 Å². The van der Waals surface area contributed by atoms with Gasteiger partial charge in [0.25, 0.3) is 11.8 Å². The maximum atomic E-state index is 13.7. The fourth-order valence-electron chi connectivity index (χ4n) is 3.29. The first-order chi connectivity index (χ1) is 15.5. The molecular formula is C22H20F2N4O3S. The van der Waals surface area contributed by atoms with Gasteiger partial charge in [-0.05, 0) is 55.7 Å². The number of aromatic nitrogens is 2. The molecule has 0 saturated carbocycles. The Hall–Kier alpha value is -3.40. The number of amides is 2. The SMILES string of the molecule is O=C(Nc1ccc(F)cc1F)c1nnc(COc2ccc(C(=O)N3CCCCC3)cc2)s1. The van der Waals surface area contributed by atoms with Crippen LogP contribution in [-0.4, -0.2) is 40.0 Å². The van der Waals surface area contributed by atoms with E-state index in [1.807, 2.05) is 4.90 Å². The molecule has 2 aromatic carbocycles. The lowest BCUT2D eigenvalue weighted by Crippen LogP contribution is -2.35. The van der Waals surface area contributed by atoms with Gasteiger partial charge in [-0.15, -0.1) is 10.2 Å². The van der Waals surface area contributed by atoms with Crippen molar-refractivity contribution in [1.82, 2.24) is 15.1 Å². The van der Waals surface area contributed by atoms with Crippen molar-refractivity contribution in [3.8, 4) is 5.75 Å². The summed E-state index contributed by atoms with van der Waals surface area (Å²) >= 11 is 0.999. The van der Waals surface area contributed by atoms with E-state index >= 15 is 0 Å². The number of ether oxygens (including phenoxy) is 1. The predicted octanol–water partition coefficient (Wildman–Crippen LogP) is 4.27. The largest absolute Gasteiger partial charge is 0.486 e. The Morgan fingerprint density at radius 2 is 1.78 bits per heavy atom. The molecule has 3 aromatic rings. The third kappa shape index (κ3) is 5.25. The molecule has 7 nitrogen and oxygen atoms in total. The molecule has 0 unspecified atom stereocenters. The molecule has 1 saturated heterocycles. The Balaban J connectivity index is 1.31. The number of nitrogens with one attached hydrogen (secondary N) is 1. The third-order valence-electron chi connectivity index (χ3n) is 4.95. The summed E-state index contributed by atoms with van der Waals surface area (Å²) in [6.45, 7) is 1.66. The number of anilines is 1. The summed E-state index contributed by atoms with van der Waals surface area (Å²) < 4.78 is 32.3. The summed E-state index contributed by atoms with van der Waals surface area (Å²) in [5, 5.41) is 10.5. The van der Waals surface area contributed by atoms with E-state index in [1.54, 1.807) is 24.3 Å². The van der Waals surface area contributed by atoms with E-state index in [9.17, 15) is 18.4 Å². The number of carbonyl (C=O) groups is 2. The Kier molecular flexibility index (Phi) is 6.69. The van der Waals surface area contributed by atoms with E-state index in [0.29, 0.717) is 22.4 Å². The van der Waals surface area contributed by atoms with E-state index in [4.69, 9.17) is 4.74 Å². The van der Waals surface area contributed by atoms with Gasteiger partial charge in [0.1, 0.15) is 24.0 Å². The van der Waals surface area contributed by atoms with Gasteiger partial charge in [-0.2, -0.15) is 0 Å². The number of carbonyl (C=O) groups excluding carboxylic acids is 2. The number of likely N-dealkylation sites (tertiary alicyclic amines) is 1. The molecule has 1 aliphatic heterocycles. The summed E-state index contributed by atoms with van der Waals surface area (Å²) in [6, 6.07) is 9.73. The van der Waals surface area contributed by atoms with E-state index < -0.39 is 17.5 Å². The first-order valence-electron chi connectivity index (χ1n) is 10.1. The molecule has 10 heteroatoms.